The van der Waals surface area contributed by atoms with Gasteiger partial charge >= 0.3 is 0 Å². The van der Waals surface area contributed by atoms with Crippen LogP contribution in [0.2, 0.25) is 0 Å². The summed E-state index contributed by atoms with van der Waals surface area (Å²) in [5.41, 5.74) is 11.9. The maximum Gasteiger partial charge on any atom is 0.159 e. The smallest absolute Gasteiger partial charge is 0.159 e. The van der Waals surface area contributed by atoms with Crippen LogP contribution in [0.25, 0.3) is 76.9 Å². The van der Waals surface area contributed by atoms with Gasteiger partial charge in [-0.05, 0) is 78.9 Å². The van der Waals surface area contributed by atoms with Crippen LogP contribution in [0.4, 0.5) is 17.1 Å². The Morgan fingerprint density at radius 1 is 0.346 bits per heavy atom. The molecule has 3 aromatic heterocycles. The molecule has 0 aliphatic heterocycles. The van der Waals surface area contributed by atoms with Crippen molar-refractivity contribution in [2.45, 2.75) is 0 Å². The molecule has 0 N–H and O–H groups in total. The molecule has 11 rings (SSSR count). The van der Waals surface area contributed by atoms with Crippen LogP contribution in [0.3, 0.4) is 0 Å². The monoisotopic (exact) mass is 665 g/mol. The topological polar surface area (TPSA) is 26.2 Å². The summed E-state index contributed by atoms with van der Waals surface area (Å²) < 4.78 is 11.4. The summed E-state index contributed by atoms with van der Waals surface area (Å²) in [5.74, 6) is 0. The van der Waals surface area contributed by atoms with Gasteiger partial charge in [0, 0.05) is 55.1 Å². The number of para-hydroxylation sites is 6. The molecule has 0 unspecified atom stereocenters. The van der Waals surface area contributed by atoms with Crippen LogP contribution in [0, 0.1) is 0 Å². The third-order valence-electron chi connectivity index (χ3n) is 10.5. The molecule has 11 aromatic rings. The lowest BCUT2D eigenvalue weighted by Crippen LogP contribution is -2.09. The number of benzene rings is 8. The summed E-state index contributed by atoms with van der Waals surface area (Å²) in [6, 6.07) is 67.1. The van der Waals surface area contributed by atoms with Crippen molar-refractivity contribution in [3.05, 3.63) is 188 Å². The predicted octanol–water partition coefficient (Wildman–Crippen LogP) is 13.2. The van der Waals surface area contributed by atoms with Crippen molar-refractivity contribution in [1.29, 1.82) is 0 Å². The first kappa shape index (κ1) is 28.8. The molecule has 0 radical (unpaired) electrons. The minimum Gasteiger partial charge on any atom is -0.454 e. The first-order valence-corrected chi connectivity index (χ1v) is 17.7. The normalized spacial score (nSPS) is 11.8. The molecule has 0 spiro atoms. The molecular weight excluding hydrogens is 635 g/mol. The average Bonchev–Trinajstić information content (AvgIpc) is 3.85. The highest BCUT2D eigenvalue weighted by atomic mass is 16.3. The second-order valence-corrected chi connectivity index (χ2v) is 13.4. The molecule has 0 aliphatic rings. The van der Waals surface area contributed by atoms with E-state index >= 15 is 0 Å². The van der Waals surface area contributed by atoms with Gasteiger partial charge in [-0.3, -0.25) is 0 Å². The zero-order chi connectivity index (χ0) is 34.2. The van der Waals surface area contributed by atoms with Crippen molar-refractivity contribution in [3.8, 4) is 11.4 Å². The molecular formula is C48H31N3O. The van der Waals surface area contributed by atoms with Crippen molar-refractivity contribution in [2.75, 3.05) is 4.90 Å². The zero-order valence-corrected chi connectivity index (χ0v) is 28.1. The lowest BCUT2D eigenvalue weighted by atomic mass is 10.1. The van der Waals surface area contributed by atoms with Crippen LogP contribution in [0.5, 0.6) is 0 Å². The number of hydrogen-bond donors (Lipinski definition) is 0. The van der Waals surface area contributed by atoms with Crippen LogP contribution in [-0.4, -0.2) is 9.13 Å². The molecule has 0 saturated heterocycles. The molecule has 4 heteroatoms. The van der Waals surface area contributed by atoms with E-state index in [4.69, 9.17) is 4.42 Å². The van der Waals surface area contributed by atoms with Crippen molar-refractivity contribution in [3.63, 3.8) is 0 Å². The number of rotatable bonds is 5. The fraction of sp³-hybridized carbons (Fsp3) is 0. The second-order valence-electron chi connectivity index (χ2n) is 13.4. The van der Waals surface area contributed by atoms with E-state index in [0.717, 1.165) is 66.9 Å². The highest BCUT2D eigenvalue weighted by Gasteiger charge is 2.22. The minimum atomic E-state index is 0.893. The van der Waals surface area contributed by atoms with Gasteiger partial charge in [-0.15, -0.1) is 0 Å². The second kappa shape index (κ2) is 11.2. The summed E-state index contributed by atoms with van der Waals surface area (Å²) in [5, 5.41) is 7.05. The third-order valence-corrected chi connectivity index (χ3v) is 10.5. The summed E-state index contributed by atoms with van der Waals surface area (Å²) in [6.07, 6.45) is 0. The number of hydrogen-bond acceptors (Lipinski definition) is 2. The van der Waals surface area contributed by atoms with Gasteiger partial charge < -0.3 is 18.5 Å². The van der Waals surface area contributed by atoms with E-state index in [1.165, 1.54) is 27.1 Å². The largest absolute Gasteiger partial charge is 0.454 e. The fourth-order valence-electron chi connectivity index (χ4n) is 8.23. The highest BCUT2D eigenvalue weighted by molar-refractivity contribution is 6.20. The molecule has 0 amide bonds. The highest BCUT2D eigenvalue weighted by Crippen LogP contribution is 2.43. The number of nitrogens with zero attached hydrogens (tertiary/aromatic N) is 3. The van der Waals surface area contributed by atoms with Crippen molar-refractivity contribution in [2.24, 2.45) is 0 Å². The summed E-state index contributed by atoms with van der Waals surface area (Å²) in [7, 11) is 0. The Balaban J connectivity index is 1.23. The zero-order valence-electron chi connectivity index (χ0n) is 28.1. The van der Waals surface area contributed by atoms with Gasteiger partial charge in [0.1, 0.15) is 5.58 Å². The number of anilines is 3. The lowest BCUT2D eigenvalue weighted by molar-refractivity contribution is 0.666. The molecule has 0 fully saturated rings. The predicted molar refractivity (Wildman–Crippen MR) is 217 cm³/mol. The number of fused-ring (bicyclic) bond motifs is 9. The molecule has 244 valence electrons. The van der Waals surface area contributed by atoms with Gasteiger partial charge in [-0.2, -0.15) is 0 Å². The van der Waals surface area contributed by atoms with Crippen LogP contribution in [0.1, 0.15) is 0 Å². The van der Waals surface area contributed by atoms with E-state index in [1.807, 2.05) is 6.07 Å². The van der Waals surface area contributed by atoms with Crippen LogP contribution < -0.4 is 4.90 Å². The standard InChI is InChI=1S/C48H31N3O/c1-4-15-32(16-5-1)49(33-17-6-2-7-18-33)35-27-28-37-41-31-46-40(30-45(41)50(44(37)29-35)34-19-8-3-9-20-34)36-21-10-12-24-42(36)51(46)43-25-14-23-39-38-22-11-13-26-47(38)52-48(39)43/h1-31H. The Bertz CT molecular complexity index is 3080. The van der Waals surface area contributed by atoms with Crippen molar-refractivity contribution in [1.82, 2.24) is 9.13 Å². The molecule has 0 aliphatic carbocycles. The molecule has 4 nitrogen and oxygen atoms in total. The number of aromatic nitrogens is 2. The van der Waals surface area contributed by atoms with Crippen LogP contribution in [0.15, 0.2) is 192 Å². The van der Waals surface area contributed by atoms with Gasteiger partial charge in [0.2, 0.25) is 0 Å². The SMILES string of the molecule is c1ccc(N(c2ccccc2)c2ccc3c4cc5c(cc4n(-c4ccccc4)c3c2)c2ccccc2n5-c2cccc3c2oc2ccccc23)cc1. The molecule has 52 heavy (non-hydrogen) atoms. The van der Waals surface area contributed by atoms with Crippen LogP contribution >= 0.6 is 0 Å². The quantitative estimate of drug-likeness (QED) is 0.183. The molecule has 3 heterocycles. The van der Waals surface area contributed by atoms with Gasteiger partial charge in [0.05, 0.1) is 27.8 Å². The summed E-state index contributed by atoms with van der Waals surface area (Å²) in [4.78, 5) is 2.33. The Labute approximate surface area is 299 Å². The molecule has 0 atom stereocenters. The van der Waals surface area contributed by atoms with E-state index in [0.29, 0.717) is 0 Å². The summed E-state index contributed by atoms with van der Waals surface area (Å²) in [6.45, 7) is 0. The van der Waals surface area contributed by atoms with E-state index < -0.39 is 0 Å². The maximum absolute atomic E-state index is 6.60. The minimum absolute atomic E-state index is 0.893. The van der Waals surface area contributed by atoms with E-state index in [-0.39, 0.29) is 0 Å². The Morgan fingerprint density at radius 3 is 1.63 bits per heavy atom. The van der Waals surface area contributed by atoms with Gasteiger partial charge in [0.15, 0.2) is 5.58 Å². The maximum atomic E-state index is 6.60. The molecule has 0 bridgehead atoms. The fourth-order valence-corrected chi connectivity index (χ4v) is 8.23. The Morgan fingerprint density at radius 2 is 0.904 bits per heavy atom. The first-order chi connectivity index (χ1) is 25.8. The Kier molecular flexibility index (Phi) is 6.22. The molecule has 0 saturated carbocycles. The van der Waals surface area contributed by atoms with E-state index in [2.05, 4.69) is 196 Å². The average molecular weight is 666 g/mol. The van der Waals surface area contributed by atoms with Crippen molar-refractivity contribution < 1.29 is 4.42 Å². The molecule has 8 aromatic carbocycles. The van der Waals surface area contributed by atoms with Gasteiger partial charge in [-0.25, -0.2) is 0 Å². The summed E-state index contributed by atoms with van der Waals surface area (Å²) >= 11 is 0. The third kappa shape index (κ3) is 4.21. The van der Waals surface area contributed by atoms with Gasteiger partial charge in [-0.1, -0.05) is 109 Å². The van der Waals surface area contributed by atoms with E-state index in [9.17, 15) is 0 Å². The lowest BCUT2D eigenvalue weighted by Gasteiger charge is -2.25. The Hall–Kier alpha value is -7.04. The van der Waals surface area contributed by atoms with Crippen LogP contribution in [-0.2, 0) is 0 Å². The van der Waals surface area contributed by atoms with E-state index in [1.54, 1.807) is 0 Å². The van der Waals surface area contributed by atoms with Crippen molar-refractivity contribution >= 4 is 82.6 Å². The number of furan rings is 1. The van der Waals surface area contributed by atoms with Gasteiger partial charge in [0.25, 0.3) is 0 Å². The first-order valence-electron chi connectivity index (χ1n) is 17.7.